The van der Waals surface area contributed by atoms with Gasteiger partial charge in [-0.2, -0.15) is 0 Å². The van der Waals surface area contributed by atoms with E-state index in [-0.39, 0.29) is 0 Å². The number of hydrogen-bond donors (Lipinski definition) is 3. The van der Waals surface area contributed by atoms with Crippen LogP contribution in [0, 0.1) is 0 Å². The van der Waals surface area contributed by atoms with Gasteiger partial charge in [0.05, 0.1) is 33.8 Å². The summed E-state index contributed by atoms with van der Waals surface area (Å²) in [4.78, 5) is 10.4. The fourth-order valence-corrected chi connectivity index (χ4v) is 1.12. The van der Waals surface area contributed by atoms with Gasteiger partial charge in [-0.05, 0) is 12.8 Å². The van der Waals surface area contributed by atoms with Gasteiger partial charge in [0.15, 0.2) is 0 Å². The normalized spacial score (nSPS) is 16.4. The summed E-state index contributed by atoms with van der Waals surface area (Å²) in [5.41, 5.74) is 5.26. The lowest BCUT2D eigenvalue weighted by Crippen LogP contribution is -2.42. The summed E-state index contributed by atoms with van der Waals surface area (Å²) in [6, 6.07) is -1.16. The van der Waals surface area contributed by atoms with Gasteiger partial charge < -0.3 is 20.4 Å². The number of carboxylic acid groups (broad SMARTS) is 1. The zero-order chi connectivity index (χ0) is 11.4. The molecule has 0 saturated heterocycles. The predicted molar refractivity (Wildman–Crippen MR) is 53.8 cm³/mol. The van der Waals surface area contributed by atoms with E-state index in [1.807, 2.05) is 21.1 Å². The van der Waals surface area contributed by atoms with Crippen LogP contribution < -0.4 is 5.73 Å². The van der Waals surface area contributed by atoms with E-state index in [4.69, 9.17) is 10.8 Å². The number of hydrogen-bond acceptors (Lipinski definition) is 3. The number of carboxylic acids is 1. The standard InChI is InChI=1S/C9H20N2O3/c1-11(2,3)6-4-5-7(12)8(10)9(13)14/h7-8,12H,4-6,10H2,1-3H3/p+1. The summed E-state index contributed by atoms with van der Waals surface area (Å²) >= 11 is 0. The molecule has 4 N–H and O–H groups in total. The van der Waals surface area contributed by atoms with Gasteiger partial charge in [0.25, 0.3) is 0 Å². The molecule has 0 bridgehead atoms. The van der Waals surface area contributed by atoms with Crippen LogP contribution in [0.15, 0.2) is 0 Å². The fourth-order valence-electron chi connectivity index (χ4n) is 1.12. The van der Waals surface area contributed by atoms with Gasteiger partial charge in [0.2, 0.25) is 0 Å². The van der Waals surface area contributed by atoms with Crippen molar-refractivity contribution in [2.75, 3.05) is 27.7 Å². The molecule has 0 aromatic heterocycles. The summed E-state index contributed by atoms with van der Waals surface area (Å²) < 4.78 is 0.801. The maximum atomic E-state index is 10.4. The zero-order valence-electron chi connectivity index (χ0n) is 9.10. The largest absolute Gasteiger partial charge is 0.480 e. The Balaban J connectivity index is 3.75. The molecular weight excluding hydrogens is 184 g/mol. The average Bonchev–Trinajstić information content (AvgIpc) is 2.00. The molecule has 0 spiro atoms. The quantitative estimate of drug-likeness (QED) is 0.498. The van der Waals surface area contributed by atoms with Crippen molar-refractivity contribution in [1.82, 2.24) is 0 Å². The Bertz CT molecular complexity index is 189. The predicted octanol–water partition coefficient (Wildman–Crippen LogP) is -0.754. The van der Waals surface area contributed by atoms with Crippen molar-refractivity contribution in [3.63, 3.8) is 0 Å². The minimum atomic E-state index is -1.16. The highest BCUT2D eigenvalue weighted by Crippen LogP contribution is 2.04. The molecule has 0 aromatic carbocycles. The van der Waals surface area contributed by atoms with E-state index in [2.05, 4.69) is 0 Å². The van der Waals surface area contributed by atoms with Crippen LogP contribution in [0.5, 0.6) is 0 Å². The maximum Gasteiger partial charge on any atom is 0.323 e. The van der Waals surface area contributed by atoms with E-state index < -0.39 is 18.1 Å². The van der Waals surface area contributed by atoms with Crippen molar-refractivity contribution in [2.24, 2.45) is 5.73 Å². The van der Waals surface area contributed by atoms with Crippen molar-refractivity contribution < 1.29 is 19.5 Å². The molecule has 84 valence electrons. The third-order valence-electron chi connectivity index (χ3n) is 2.03. The molecule has 0 aliphatic rings. The third kappa shape index (κ3) is 5.90. The van der Waals surface area contributed by atoms with Crippen LogP contribution in [0.4, 0.5) is 0 Å². The average molecular weight is 205 g/mol. The van der Waals surface area contributed by atoms with Crippen LogP contribution in [0.1, 0.15) is 12.8 Å². The van der Waals surface area contributed by atoms with Gasteiger partial charge in [-0.25, -0.2) is 0 Å². The van der Waals surface area contributed by atoms with E-state index in [9.17, 15) is 9.90 Å². The maximum absolute atomic E-state index is 10.4. The minimum absolute atomic E-state index is 0.434. The van der Waals surface area contributed by atoms with Gasteiger partial charge in [0, 0.05) is 0 Å². The molecule has 0 fully saturated rings. The molecule has 2 atom stereocenters. The van der Waals surface area contributed by atoms with Crippen molar-refractivity contribution >= 4 is 5.97 Å². The van der Waals surface area contributed by atoms with Crippen molar-refractivity contribution in [3.8, 4) is 0 Å². The SMILES string of the molecule is C[N+](C)(C)CCCC(O)C(N)C(=O)O. The number of quaternary nitrogens is 1. The number of aliphatic hydroxyl groups excluding tert-OH is 1. The Hall–Kier alpha value is -0.650. The monoisotopic (exact) mass is 205 g/mol. The molecule has 0 amide bonds. The smallest absolute Gasteiger partial charge is 0.323 e. The van der Waals surface area contributed by atoms with Crippen LogP contribution in [0.3, 0.4) is 0 Å². The van der Waals surface area contributed by atoms with Crippen molar-refractivity contribution in [3.05, 3.63) is 0 Å². The van der Waals surface area contributed by atoms with E-state index in [1.54, 1.807) is 0 Å². The van der Waals surface area contributed by atoms with Gasteiger partial charge in [-0.15, -0.1) is 0 Å². The molecule has 0 radical (unpaired) electrons. The Kier molecular flexibility index (Phi) is 5.04. The lowest BCUT2D eigenvalue weighted by molar-refractivity contribution is -0.870. The first-order valence-corrected chi connectivity index (χ1v) is 4.71. The molecule has 0 aliphatic carbocycles. The molecular formula is C9H21N2O3+. The highest BCUT2D eigenvalue weighted by Gasteiger charge is 2.22. The molecule has 2 unspecified atom stereocenters. The highest BCUT2D eigenvalue weighted by atomic mass is 16.4. The number of carbonyl (C=O) groups is 1. The van der Waals surface area contributed by atoms with E-state index >= 15 is 0 Å². The Morgan fingerprint density at radius 1 is 1.43 bits per heavy atom. The van der Waals surface area contributed by atoms with E-state index in [0.717, 1.165) is 17.4 Å². The third-order valence-corrected chi connectivity index (χ3v) is 2.03. The molecule has 5 nitrogen and oxygen atoms in total. The molecule has 0 aliphatic heterocycles. The van der Waals surface area contributed by atoms with Crippen molar-refractivity contribution in [2.45, 2.75) is 25.0 Å². The minimum Gasteiger partial charge on any atom is -0.480 e. The Morgan fingerprint density at radius 3 is 2.29 bits per heavy atom. The highest BCUT2D eigenvalue weighted by molar-refractivity contribution is 5.73. The van der Waals surface area contributed by atoms with E-state index in [1.165, 1.54) is 0 Å². The number of aliphatic hydroxyl groups is 1. The summed E-state index contributed by atoms with van der Waals surface area (Å²) in [5.74, 6) is -1.15. The molecule has 14 heavy (non-hydrogen) atoms. The molecule has 0 saturated carbocycles. The summed E-state index contributed by atoms with van der Waals surface area (Å²) in [5, 5.41) is 17.9. The fraction of sp³-hybridized carbons (Fsp3) is 0.889. The second-order valence-electron chi connectivity index (χ2n) is 4.59. The summed E-state index contributed by atoms with van der Waals surface area (Å²) in [7, 11) is 6.14. The van der Waals surface area contributed by atoms with Crippen LogP contribution in [0.2, 0.25) is 0 Å². The second-order valence-corrected chi connectivity index (χ2v) is 4.59. The van der Waals surface area contributed by atoms with Gasteiger partial charge in [-0.3, -0.25) is 4.79 Å². The lowest BCUT2D eigenvalue weighted by atomic mass is 10.1. The number of aliphatic carboxylic acids is 1. The first kappa shape index (κ1) is 13.4. The van der Waals surface area contributed by atoms with Crippen LogP contribution in [-0.2, 0) is 4.79 Å². The van der Waals surface area contributed by atoms with Gasteiger partial charge in [-0.1, -0.05) is 0 Å². The lowest BCUT2D eigenvalue weighted by Gasteiger charge is -2.24. The number of nitrogens with two attached hydrogens (primary N) is 1. The Labute approximate surface area is 84.7 Å². The number of nitrogens with zero attached hydrogens (tertiary/aromatic N) is 1. The van der Waals surface area contributed by atoms with Gasteiger partial charge in [0.1, 0.15) is 6.04 Å². The van der Waals surface area contributed by atoms with Crippen LogP contribution in [-0.4, -0.2) is 60.5 Å². The summed E-state index contributed by atoms with van der Waals surface area (Å²) in [6.07, 6.45) is 0.258. The Morgan fingerprint density at radius 2 is 1.93 bits per heavy atom. The molecule has 0 aromatic rings. The molecule has 5 heteroatoms. The van der Waals surface area contributed by atoms with Crippen LogP contribution >= 0.6 is 0 Å². The van der Waals surface area contributed by atoms with Crippen molar-refractivity contribution in [1.29, 1.82) is 0 Å². The first-order chi connectivity index (χ1) is 6.24. The van der Waals surface area contributed by atoms with Crippen LogP contribution in [0.25, 0.3) is 0 Å². The first-order valence-electron chi connectivity index (χ1n) is 4.71. The summed E-state index contributed by atoms with van der Waals surface area (Å²) in [6.45, 7) is 0.892. The topological polar surface area (TPSA) is 83.5 Å². The molecule has 0 heterocycles. The molecule has 0 rings (SSSR count). The number of rotatable bonds is 6. The van der Waals surface area contributed by atoms with Gasteiger partial charge >= 0.3 is 5.97 Å². The second kappa shape index (κ2) is 5.29. The zero-order valence-corrected chi connectivity index (χ0v) is 9.10. The van der Waals surface area contributed by atoms with E-state index in [0.29, 0.717) is 6.42 Å².